The van der Waals surface area contributed by atoms with Crippen molar-refractivity contribution in [1.29, 1.82) is 0 Å². The number of rotatable bonds is 3. The van der Waals surface area contributed by atoms with Crippen molar-refractivity contribution in [3.63, 3.8) is 0 Å². The van der Waals surface area contributed by atoms with E-state index >= 15 is 0 Å². The number of hydrogen-bond acceptors (Lipinski definition) is 3. The zero-order chi connectivity index (χ0) is 18.5. The summed E-state index contributed by atoms with van der Waals surface area (Å²) < 4.78 is 27.9. The number of piperidine rings is 1. The van der Waals surface area contributed by atoms with Crippen molar-refractivity contribution in [3.05, 3.63) is 46.9 Å². The largest absolute Gasteiger partial charge is 0.358 e. The number of sulfonamides is 1. The standard InChI is InChI=1S/C19H24N4O2S/c1-12-6-7-17-16(9-12)10-18(20-17)15-5-4-8-23(11-15)26(24,25)19-13(2)21-22-14(19)3/h6-7,9-10,15,20H,4-5,8,11H2,1-3H3,(H,21,22). The van der Waals surface area contributed by atoms with Crippen LogP contribution in [-0.4, -0.2) is 41.0 Å². The van der Waals surface area contributed by atoms with Gasteiger partial charge < -0.3 is 4.98 Å². The van der Waals surface area contributed by atoms with Crippen molar-refractivity contribution in [2.45, 2.75) is 44.4 Å². The highest BCUT2D eigenvalue weighted by atomic mass is 32.2. The summed E-state index contributed by atoms with van der Waals surface area (Å²) in [6.45, 7) is 6.63. The van der Waals surface area contributed by atoms with Crippen LogP contribution in [0.4, 0.5) is 0 Å². The van der Waals surface area contributed by atoms with E-state index in [1.807, 2.05) is 0 Å². The van der Waals surface area contributed by atoms with Gasteiger partial charge in [0.25, 0.3) is 0 Å². The molecular formula is C19H24N4O2S. The maximum Gasteiger partial charge on any atom is 0.246 e. The van der Waals surface area contributed by atoms with E-state index in [0.29, 0.717) is 29.4 Å². The zero-order valence-electron chi connectivity index (χ0n) is 15.3. The Labute approximate surface area is 153 Å². The van der Waals surface area contributed by atoms with Crippen LogP contribution in [0.3, 0.4) is 0 Å². The molecule has 1 unspecified atom stereocenters. The summed E-state index contributed by atoms with van der Waals surface area (Å²) in [5.74, 6) is 0.179. The average Bonchev–Trinajstić information content (AvgIpc) is 3.18. The van der Waals surface area contributed by atoms with Gasteiger partial charge in [-0.15, -0.1) is 0 Å². The van der Waals surface area contributed by atoms with Crippen molar-refractivity contribution < 1.29 is 8.42 Å². The molecule has 1 fully saturated rings. The first-order chi connectivity index (χ1) is 12.4. The molecule has 6 nitrogen and oxygen atoms in total. The van der Waals surface area contributed by atoms with Crippen LogP contribution >= 0.6 is 0 Å². The van der Waals surface area contributed by atoms with Crippen LogP contribution in [0.1, 0.15) is 41.4 Å². The maximum atomic E-state index is 13.1. The van der Waals surface area contributed by atoms with Gasteiger partial charge in [-0.1, -0.05) is 11.6 Å². The first-order valence-corrected chi connectivity index (χ1v) is 10.4. The highest BCUT2D eigenvalue weighted by Gasteiger charge is 2.34. The summed E-state index contributed by atoms with van der Waals surface area (Å²) in [6.07, 6.45) is 1.84. The minimum absolute atomic E-state index is 0.179. The number of benzene rings is 1. The molecule has 0 bridgehead atoms. The monoisotopic (exact) mass is 372 g/mol. The number of hydrogen-bond donors (Lipinski definition) is 2. The van der Waals surface area contributed by atoms with E-state index in [9.17, 15) is 8.42 Å². The lowest BCUT2D eigenvalue weighted by molar-refractivity contribution is 0.313. The SMILES string of the molecule is Cc1ccc2[nH]c(C3CCCN(S(=O)(=O)c4c(C)n[nH]c4C)C3)cc2c1. The first-order valence-electron chi connectivity index (χ1n) is 8.97. The predicted octanol–water partition coefficient (Wildman–Crippen LogP) is 3.38. The van der Waals surface area contributed by atoms with Crippen LogP contribution in [0.25, 0.3) is 10.9 Å². The Kier molecular flexibility index (Phi) is 4.16. The van der Waals surface area contributed by atoms with E-state index in [1.54, 1.807) is 18.2 Å². The fourth-order valence-electron chi connectivity index (χ4n) is 3.96. The third-order valence-electron chi connectivity index (χ3n) is 5.28. The summed E-state index contributed by atoms with van der Waals surface area (Å²) >= 11 is 0. The minimum Gasteiger partial charge on any atom is -0.358 e. The lowest BCUT2D eigenvalue weighted by atomic mass is 9.96. The Bertz CT molecular complexity index is 1050. The van der Waals surface area contributed by atoms with E-state index in [4.69, 9.17) is 0 Å². The van der Waals surface area contributed by atoms with Gasteiger partial charge in [0, 0.05) is 30.2 Å². The second-order valence-corrected chi connectivity index (χ2v) is 9.16. The number of H-pyrrole nitrogens is 2. The highest BCUT2D eigenvalue weighted by Crippen LogP contribution is 2.32. The van der Waals surface area contributed by atoms with Gasteiger partial charge in [0.05, 0.1) is 11.4 Å². The summed E-state index contributed by atoms with van der Waals surface area (Å²) in [5, 5.41) is 8.02. The van der Waals surface area contributed by atoms with Gasteiger partial charge in [-0.2, -0.15) is 9.40 Å². The molecule has 0 spiro atoms. The minimum atomic E-state index is -3.53. The van der Waals surface area contributed by atoms with Gasteiger partial charge in [0.15, 0.2) is 0 Å². The molecule has 1 saturated heterocycles. The van der Waals surface area contributed by atoms with Crippen LogP contribution in [-0.2, 0) is 10.0 Å². The van der Waals surface area contributed by atoms with Crippen molar-refractivity contribution in [3.8, 4) is 0 Å². The molecule has 1 atom stereocenters. The predicted molar refractivity (Wildman–Crippen MR) is 102 cm³/mol. The van der Waals surface area contributed by atoms with E-state index < -0.39 is 10.0 Å². The average molecular weight is 372 g/mol. The van der Waals surface area contributed by atoms with Crippen LogP contribution < -0.4 is 0 Å². The summed E-state index contributed by atoms with van der Waals surface area (Å²) in [5.41, 5.74) is 4.58. The molecule has 1 aliphatic rings. The molecule has 0 radical (unpaired) electrons. The quantitative estimate of drug-likeness (QED) is 0.739. The van der Waals surface area contributed by atoms with Crippen LogP contribution in [0.5, 0.6) is 0 Å². The Hall–Kier alpha value is -2.12. The molecule has 0 amide bonds. The van der Waals surface area contributed by atoms with E-state index in [0.717, 1.165) is 24.1 Å². The molecule has 4 rings (SSSR count). The Morgan fingerprint density at radius 2 is 2.00 bits per heavy atom. The van der Waals surface area contributed by atoms with Gasteiger partial charge in [-0.25, -0.2) is 8.42 Å². The lowest BCUT2D eigenvalue weighted by Crippen LogP contribution is -2.39. The van der Waals surface area contributed by atoms with Crippen molar-refractivity contribution in [2.75, 3.05) is 13.1 Å². The number of aryl methyl sites for hydroxylation is 3. The van der Waals surface area contributed by atoms with Crippen LogP contribution in [0.2, 0.25) is 0 Å². The topological polar surface area (TPSA) is 81.8 Å². The first kappa shape index (κ1) is 17.3. The molecule has 3 aromatic rings. The molecule has 3 heterocycles. The summed E-state index contributed by atoms with van der Waals surface area (Å²) in [7, 11) is -3.53. The molecule has 0 aliphatic carbocycles. The van der Waals surface area contributed by atoms with Crippen molar-refractivity contribution in [1.82, 2.24) is 19.5 Å². The van der Waals surface area contributed by atoms with E-state index in [-0.39, 0.29) is 5.92 Å². The normalized spacial score (nSPS) is 19.3. The number of nitrogens with zero attached hydrogens (tertiary/aromatic N) is 2. The molecule has 0 saturated carbocycles. The van der Waals surface area contributed by atoms with Gasteiger partial charge >= 0.3 is 0 Å². The number of nitrogens with one attached hydrogen (secondary N) is 2. The molecular weight excluding hydrogens is 348 g/mol. The number of fused-ring (bicyclic) bond motifs is 1. The number of aromatic nitrogens is 3. The molecule has 2 N–H and O–H groups in total. The van der Waals surface area contributed by atoms with E-state index in [1.165, 1.54) is 10.9 Å². The second-order valence-electron chi connectivity index (χ2n) is 7.28. The molecule has 138 valence electrons. The summed E-state index contributed by atoms with van der Waals surface area (Å²) in [6, 6.07) is 8.50. The molecule has 1 aliphatic heterocycles. The molecule has 2 aromatic heterocycles. The van der Waals surface area contributed by atoms with Crippen molar-refractivity contribution in [2.24, 2.45) is 0 Å². The fourth-order valence-corrected chi connectivity index (χ4v) is 5.81. The number of aromatic amines is 2. The van der Waals surface area contributed by atoms with Gasteiger partial charge in [0.2, 0.25) is 10.0 Å². The zero-order valence-corrected chi connectivity index (χ0v) is 16.2. The lowest BCUT2D eigenvalue weighted by Gasteiger charge is -2.31. The van der Waals surface area contributed by atoms with Gasteiger partial charge in [0.1, 0.15) is 4.90 Å². The Morgan fingerprint density at radius 3 is 2.73 bits per heavy atom. The summed E-state index contributed by atoms with van der Waals surface area (Å²) in [4.78, 5) is 3.81. The van der Waals surface area contributed by atoms with Crippen LogP contribution in [0.15, 0.2) is 29.2 Å². The Balaban J connectivity index is 1.64. The highest BCUT2D eigenvalue weighted by molar-refractivity contribution is 7.89. The second kappa shape index (κ2) is 6.25. The molecule has 7 heteroatoms. The fraction of sp³-hybridized carbons (Fsp3) is 0.421. The van der Waals surface area contributed by atoms with E-state index in [2.05, 4.69) is 46.4 Å². The molecule has 26 heavy (non-hydrogen) atoms. The van der Waals surface area contributed by atoms with Crippen LogP contribution in [0, 0.1) is 20.8 Å². The van der Waals surface area contributed by atoms with Gasteiger partial charge in [-0.05, 0) is 57.2 Å². The molecule has 1 aromatic carbocycles. The maximum absolute atomic E-state index is 13.1. The Morgan fingerprint density at radius 1 is 1.19 bits per heavy atom. The third-order valence-corrected chi connectivity index (χ3v) is 7.41. The third kappa shape index (κ3) is 2.85. The van der Waals surface area contributed by atoms with Crippen molar-refractivity contribution >= 4 is 20.9 Å². The smallest absolute Gasteiger partial charge is 0.246 e. The van der Waals surface area contributed by atoms with Gasteiger partial charge in [-0.3, -0.25) is 5.10 Å².